The molecule has 1 N–H and O–H groups in total. The maximum atomic E-state index is 12.7. The van der Waals surface area contributed by atoms with Crippen LogP contribution in [0.3, 0.4) is 0 Å². The van der Waals surface area contributed by atoms with Gasteiger partial charge in [0.1, 0.15) is 5.56 Å². The molecule has 1 saturated heterocycles. The largest absolute Gasteiger partial charge is 0.462 e. The molecule has 0 amide bonds. The second-order valence-electron chi connectivity index (χ2n) is 6.01. The average Bonchev–Trinajstić information content (AvgIpc) is 2.57. The Kier molecular flexibility index (Phi) is 5.55. The van der Waals surface area contributed by atoms with Crippen LogP contribution in [0, 0.1) is 9.49 Å². The lowest BCUT2D eigenvalue weighted by molar-refractivity contribution is 0.0524. The number of hydrogen-bond donors (Lipinski definition) is 1. The number of pyridine rings is 1. The van der Waals surface area contributed by atoms with Crippen molar-refractivity contribution in [2.45, 2.75) is 26.2 Å². The Balaban J connectivity index is 1.99. The number of ether oxygens (including phenoxy) is 2. The minimum atomic E-state index is -0.578. The first-order valence-electron chi connectivity index (χ1n) is 8.18. The van der Waals surface area contributed by atoms with Crippen LogP contribution in [-0.4, -0.2) is 30.8 Å². The van der Waals surface area contributed by atoms with Gasteiger partial charge in [0.05, 0.1) is 12.1 Å². The van der Waals surface area contributed by atoms with Crippen LogP contribution in [0.5, 0.6) is 0 Å². The molecule has 2 heterocycles. The monoisotopic (exact) mass is 441 g/mol. The van der Waals surface area contributed by atoms with Crippen molar-refractivity contribution in [1.29, 1.82) is 0 Å². The molecular formula is C18H20INO4. The lowest BCUT2D eigenvalue weighted by Gasteiger charge is -2.22. The second-order valence-corrected chi connectivity index (χ2v) is 7.17. The summed E-state index contributed by atoms with van der Waals surface area (Å²) in [6.07, 6.45) is 4.48. The molecule has 0 atom stereocenters. The summed E-state index contributed by atoms with van der Waals surface area (Å²) in [5.74, 6) is 0.00446. The van der Waals surface area contributed by atoms with E-state index in [0.717, 1.165) is 47.1 Å². The Hall–Kier alpha value is -1.41. The third kappa shape index (κ3) is 3.64. The summed E-state index contributed by atoms with van der Waals surface area (Å²) in [5.41, 5.74) is 1.69. The first kappa shape index (κ1) is 17.4. The standard InChI is InChI=1S/C18H20INO4/c1-2-24-18(22)14-10-20-16-13(17(14)21)8-12(9-15(16)19)7-11-3-5-23-6-4-11/h8-11H,2-7H2,1H3,(H,20,21). The number of H-pyrrole nitrogens is 1. The highest BCUT2D eigenvalue weighted by molar-refractivity contribution is 14.1. The van der Waals surface area contributed by atoms with Crippen molar-refractivity contribution in [3.8, 4) is 0 Å². The number of carbonyl (C=O) groups is 1. The molecule has 1 aliphatic heterocycles. The van der Waals surface area contributed by atoms with Crippen LogP contribution < -0.4 is 5.43 Å². The van der Waals surface area contributed by atoms with Gasteiger partial charge in [-0.05, 0) is 72.4 Å². The smallest absolute Gasteiger partial charge is 0.343 e. The normalized spacial score (nSPS) is 15.6. The third-order valence-electron chi connectivity index (χ3n) is 4.36. The lowest BCUT2D eigenvalue weighted by Crippen LogP contribution is -2.19. The fourth-order valence-corrected chi connectivity index (χ4v) is 3.95. The summed E-state index contributed by atoms with van der Waals surface area (Å²) in [4.78, 5) is 27.7. The summed E-state index contributed by atoms with van der Waals surface area (Å²) in [6.45, 7) is 3.59. The molecule has 24 heavy (non-hydrogen) atoms. The molecule has 0 radical (unpaired) electrons. The first-order valence-corrected chi connectivity index (χ1v) is 9.26. The zero-order chi connectivity index (χ0) is 17.1. The number of aromatic amines is 1. The Morgan fingerprint density at radius 2 is 2.12 bits per heavy atom. The SMILES string of the molecule is CCOC(=O)c1c[nH]c2c(I)cc(CC3CCOCC3)cc2c1=O. The zero-order valence-electron chi connectivity index (χ0n) is 13.6. The van der Waals surface area contributed by atoms with Crippen molar-refractivity contribution in [3.05, 3.63) is 43.2 Å². The Bertz CT molecular complexity index is 809. The van der Waals surface area contributed by atoms with Crippen molar-refractivity contribution in [1.82, 2.24) is 4.98 Å². The maximum Gasteiger partial charge on any atom is 0.343 e. The van der Waals surface area contributed by atoms with E-state index < -0.39 is 5.97 Å². The number of rotatable bonds is 4. The summed E-state index contributed by atoms with van der Waals surface area (Å²) in [7, 11) is 0. The molecular weight excluding hydrogens is 421 g/mol. The summed E-state index contributed by atoms with van der Waals surface area (Å²) in [6, 6.07) is 4.02. The highest BCUT2D eigenvalue weighted by atomic mass is 127. The third-order valence-corrected chi connectivity index (χ3v) is 5.21. The highest BCUT2D eigenvalue weighted by Gasteiger charge is 2.18. The molecule has 0 spiro atoms. The van der Waals surface area contributed by atoms with Gasteiger partial charge < -0.3 is 14.5 Å². The number of halogens is 1. The predicted molar refractivity (Wildman–Crippen MR) is 100 cm³/mol. The minimum Gasteiger partial charge on any atom is -0.462 e. The highest BCUT2D eigenvalue weighted by Crippen LogP contribution is 2.24. The van der Waals surface area contributed by atoms with Gasteiger partial charge in [0, 0.05) is 28.4 Å². The van der Waals surface area contributed by atoms with Crippen LogP contribution in [0.25, 0.3) is 10.9 Å². The van der Waals surface area contributed by atoms with Crippen LogP contribution in [0.4, 0.5) is 0 Å². The van der Waals surface area contributed by atoms with E-state index in [1.807, 2.05) is 6.07 Å². The molecule has 128 valence electrons. The minimum absolute atomic E-state index is 0.0587. The van der Waals surface area contributed by atoms with E-state index in [9.17, 15) is 9.59 Å². The molecule has 0 aliphatic carbocycles. The van der Waals surface area contributed by atoms with Gasteiger partial charge >= 0.3 is 5.97 Å². The number of nitrogens with one attached hydrogen (secondary N) is 1. The molecule has 1 aromatic carbocycles. The number of carbonyl (C=O) groups excluding carboxylic acids is 1. The maximum absolute atomic E-state index is 12.7. The van der Waals surface area contributed by atoms with Gasteiger partial charge in [-0.15, -0.1) is 0 Å². The van der Waals surface area contributed by atoms with E-state index in [4.69, 9.17) is 9.47 Å². The quantitative estimate of drug-likeness (QED) is 0.584. The van der Waals surface area contributed by atoms with Gasteiger partial charge in [-0.1, -0.05) is 0 Å². The molecule has 0 saturated carbocycles. The number of fused-ring (bicyclic) bond motifs is 1. The van der Waals surface area contributed by atoms with E-state index in [-0.39, 0.29) is 17.6 Å². The van der Waals surface area contributed by atoms with Crippen molar-refractivity contribution >= 4 is 39.5 Å². The van der Waals surface area contributed by atoms with Gasteiger partial charge in [0.25, 0.3) is 0 Å². The molecule has 5 nitrogen and oxygen atoms in total. The number of benzene rings is 1. The van der Waals surface area contributed by atoms with E-state index in [1.54, 1.807) is 6.92 Å². The van der Waals surface area contributed by atoms with Gasteiger partial charge in [0.15, 0.2) is 0 Å². The molecule has 6 heteroatoms. The Morgan fingerprint density at radius 1 is 1.38 bits per heavy atom. The van der Waals surface area contributed by atoms with Crippen LogP contribution in [0.1, 0.15) is 35.7 Å². The van der Waals surface area contributed by atoms with Crippen molar-refractivity contribution in [2.24, 2.45) is 5.92 Å². The number of aromatic nitrogens is 1. The van der Waals surface area contributed by atoms with E-state index >= 15 is 0 Å². The first-order chi connectivity index (χ1) is 11.6. The zero-order valence-corrected chi connectivity index (χ0v) is 15.7. The number of hydrogen-bond acceptors (Lipinski definition) is 4. The number of esters is 1. The topological polar surface area (TPSA) is 68.4 Å². The molecule has 0 unspecified atom stereocenters. The van der Waals surface area contributed by atoms with E-state index in [1.165, 1.54) is 6.20 Å². The Morgan fingerprint density at radius 3 is 2.83 bits per heavy atom. The van der Waals surface area contributed by atoms with Crippen molar-refractivity contribution in [3.63, 3.8) is 0 Å². The van der Waals surface area contributed by atoms with Crippen LogP contribution in [0.2, 0.25) is 0 Å². The fourth-order valence-electron chi connectivity index (χ4n) is 3.11. The molecule has 1 aromatic heterocycles. The summed E-state index contributed by atoms with van der Waals surface area (Å²) >= 11 is 2.23. The predicted octanol–water partition coefficient (Wildman–Crippen LogP) is 3.28. The molecule has 1 aliphatic rings. The Labute approximate surface area is 153 Å². The van der Waals surface area contributed by atoms with Crippen LogP contribution in [0.15, 0.2) is 23.1 Å². The van der Waals surface area contributed by atoms with Gasteiger partial charge in [-0.2, -0.15) is 0 Å². The molecule has 0 bridgehead atoms. The summed E-state index contributed by atoms with van der Waals surface area (Å²) < 4.78 is 11.4. The van der Waals surface area contributed by atoms with Gasteiger partial charge in [0.2, 0.25) is 5.43 Å². The van der Waals surface area contributed by atoms with Crippen molar-refractivity contribution < 1.29 is 14.3 Å². The molecule has 1 fully saturated rings. The van der Waals surface area contributed by atoms with Gasteiger partial charge in [-0.3, -0.25) is 4.79 Å². The van der Waals surface area contributed by atoms with E-state index in [2.05, 4.69) is 33.6 Å². The molecule has 3 rings (SSSR count). The average molecular weight is 441 g/mol. The summed E-state index contributed by atoms with van der Waals surface area (Å²) in [5, 5.41) is 0.550. The van der Waals surface area contributed by atoms with Crippen molar-refractivity contribution in [2.75, 3.05) is 19.8 Å². The van der Waals surface area contributed by atoms with Crippen LogP contribution in [-0.2, 0) is 15.9 Å². The second kappa shape index (κ2) is 7.65. The van der Waals surface area contributed by atoms with Gasteiger partial charge in [-0.25, -0.2) is 4.79 Å². The van der Waals surface area contributed by atoms with Crippen LogP contribution >= 0.6 is 22.6 Å². The fraction of sp³-hybridized carbons (Fsp3) is 0.444. The van der Waals surface area contributed by atoms with E-state index in [0.29, 0.717) is 11.3 Å². The molecule has 2 aromatic rings. The lowest BCUT2D eigenvalue weighted by atomic mass is 9.92.